The minimum Gasteiger partial charge on any atom is -0.343 e. The summed E-state index contributed by atoms with van der Waals surface area (Å²) in [6.45, 7) is 1.83. The highest BCUT2D eigenvalue weighted by atomic mass is 16.2. The molecule has 0 aliphatic carbocycles. The molecule has 2 aliphatic heterocycles. The van der Waals surface area contributed by atoms with Crippen LogP contribution in [0.25, 0.3) is 0 Å². The summed E-state index contributed by atoms with van der Waals surface area (Å²) in [4.78, 5) is 40.7. The van der Waals surface area contributed by atoms with Crippen molar-refractivity contribution < 1.29 is 14.4 Å². The number of hydrogen-bond donors (Lipinski definition) is 3. The van der Waals surface area contributed by atoms with Gasteiger partial charge in [0, 0.05) is 6.04 Å². The average molecular weight is 449 g/mol. The Morgan fingerprint density at radius 2 is 1.55 bits per heavy atom. The summed E-state index contributed by atoms with van der Waals surface area (Å²) in [5, 5.41) is 5.98. The zero-order chi connectivity index (χ0) is 23.4. The van der Waals surface area contributed by atoms with E-state index in [1.54, 1.807) is 4.90 Å². The summed E-state index contributed by atoms with van der Waals surface area (Å²) in [6, 6.07) is 17.6. The van der Waals surface area contributed by atoms with Gasteiger partial charge in [0.1, 0.15) is 12.1 Å². The molecule has 0 bridgehead atoms. The third-order valence-electron chi connectivity index (χ3n) is 6.79. The predicted octanol–water partition coefficient (Wildman–Crippen LogP) is 2.27. The normalized spacial score (nSPS) is 23.2. The fraction of sp³-hybridized carbons (Fsp3) is 0.423. The van der Waals surface area contributed by atoms with Crippen molar-refractivity contribution >= 4 is 17.7 Å². The fourth-order valence-corrected chi connectivity index (χ4v) is 4.91. The average Bonchev–Trinajstić information content (AvgIpc) is 3.29. The summed E-state index contributed by atoms with van der Waals surface area (Å²) in [5.74, 6) is -0.667. The third-order valence-corrected chi connectivity index (χ3v) is 6.79. The Morgan fingerprint density at radius 3 is 2.12 bits per heavy atom. The number of fused-ring (bicyclic) bond motifs is 1. The van der Waals surface area contributed by atoms with E-state index in [-0.39, 0.29) is 29.8 Å². The predicted molar refractivity (Wildman–Crippen MR) is 126 cm³/mol. The van der Waals surface area contributed by atoms with Gasteiger partial charge in [0.15, 0.2) is 0 Å². The number of nitrogens with zero attached hydrogens (tertiary/aromatic N) is 1. The lowest BCUT2D eigenvalue weighted by atomic mass is 9.97. The Labute approximate surface area is 194 Å². The first-order valence-corrected chi connectivity index (χ1v) is 11.8. The summed E-state index contributed by atoms with van der Waals surface area (Å²) in [6.07, 6.45) is 3.26. The molecule has 3 amide bonds. The first-order chi connectivity index (χ1) is 16.0. The number of amides is 3. The first kappa shape index (κ1) is 23.0. The molecule has 2 aromatic rings. The molecule has 2 aliphatic rings. The van der Waals surface area contributed by atoms with Crippen molar-refractivity contribution in [3.05, 3.63) is 71.8 Å². The number of carbonyl (C=O) groups excluding carboxylic acids is 3. The Morgan fingerprint density at radius 1 is 0.970 bits per heavy atom. The van der Waals surface area contributed by atoms with Crippen LogP contribution >= 0.6 is 0 Å². The van der Waals surface area contributed by atoms with Crippen LogP contribution in [-0.4, -0.2) is 46.8 Å². The number of hydrogen-bond acceptors (Lipinski definition) is 4. The number of nitrogens with two attached hydrogens (primary N) is 1. The topological polar surface area (TPSA) is 105 Å². The molecule has 4 rings (SSSR count). The van der Waals surface area contributed by atoms with E-state index >= 15 is 0 Å². The number of nitrogens with one attached hydrogen (secondary N) is 2. The van der Waals surface area contributed by atoms with Gasteiger partial charge in [0.2, 0.25) is 17.7 Å². The zero-order valence-corrected chi connectivity index (χ0v) is 18.9. The van der Waals surface area contributed by atoms with Crippen LogP contribution in [0.3, 0.4) is 0 Å². The number of carbonyl (C=O) groups is 3. The molecule has 174 valence electrons. The number of rotatable bonds is 7. The molecule has 7 heteroatoms. The van der Waals surface area contributed by atoms with Crippen molar-refractivity contribution in [2.24, 2.45) is 5.73 Å². The molecule has 2 fully saturated rings. The first-order valence-electron chi connectivity index (χ1n) is 11.8. The van der Waals surface area contributed by atoms with E-state index in [1.807, 2.05) is 67.6 Å². The van der Waals surface area contributed by atoms with Gasteiger partial charge in [-0.1, -0.05) is 67.6 Å². The molecule has 0 aromatic heterocycles. The molecular weight excluding hydrogens is 416 g/mol. The summed E-state index contributed by atoms with van der Waals surface area (Å²) < 4.78 is 0. The van der Waals surface area contributed by atoms with Crippen LogP contribution in [0.15, 0.2) is 60.7 Å². The maximum Gasteiger partial charge on any atom is 0.246 e. The molecule has 4 N–H and O–H groups in total. The SMILES string of the molecule is CC[C@H](N)C(=O)N[C@H]1CC[C@H]2CC[C@@H](C(=O)NC(c3ccccc3)c3ccccc3)N2C1=O. The summed E-state index contributed by atoms with van der Waals surface area (Å²) >= 11 is 0. The quantitative estimate of drug-likeness (QED) is 0.604. The van der Waals surface area contributed by atoms with E-state index in [0.29, 0.717) is 19.3 Å². The molecule has 33 heavy (non-hydrogen) atoms. The second kappa shape index (κ2) is 10.2. The molecule has 2 heterocycles. The minimum absolute atomic E-state index is 0.0353. The molecule has 0 unspecified atom stereocenters. The van der Waals surface area contributed by atoms with Crippen molar-refractivity contribution in [3.63, 3.8) is 0 Å². The lowest BCUT2D eigenvalue weighted by Crippen LogP contribution is -2.60. The van der Waals surface area contributed by atoms with E-state index in [0.717, 1.165) is 24.0 Å². The minimum atomic E-state index is -0.634. The van der Waals surface area contributed by atoms with Crippen LogP contribution in [-0.2, 0) is 14.4 Å². The summed E-state index contributed by atoms with van der Waals surface area (Å²) in [7, 11) is 0. The Kier molecular flexibility index (Phi) is 7.08. The second-order valence-electron chi connectivity index (χ2n) is 8.91. The van der Waals surface area contributed by atoms with E-state index in [2.05, 4.69) is 10.6 Å². The van der Waals surface area contributed by atoms with Crippen molar-refractivity contribution in [2.75, 3.05) is 0 Å². The third kappa shape index (κ3) is 4.93. The molecule has 2 aromatic carbocycles. The zero-order valence-electron chi connectivity index (χ0n) is 18.9. The van der Waals surface area contributed by atoms with Crippen LogP contribution < -0.4 is 16.4 Å². The van der Waals surface area contributed by atoms with E-state index < -0.39 is 18.1 Å². The molecule has 4 atom stereocenters. The van der Waals surface area contributed by atoms with Gasteiger partial charge in [-0.25, -0.2) is 0 Å². The van der Waals surface area contributed by atoms with Gasteiger partial charge in [-0.2, -0.15) is 0 Å². The van der Waals surface area contributed by atoms with Crippen molar-refractivity contribution in [1.29, 1.82) is 0 Å². The largest absolute Gasteiger partial charge is 0.343 e. The van der Waals surface area contributed by atoms with Crippen LogP contribution in [0.1, 0.15) is 56.2 Å². The fourth-order valence-electron chi connectivity index (χ4n) is 4.91. The standard InChI is InChI=1S/C26H32N4O3/c1-2-20(27)24(31)28-21-15-13-19-14-16-22(30(19)26(21)33)25(32)29-23(17-9-5-3-6-10-17)18-11-7-4-8-12-18/h3-12,19-23H,2,13-16,27H2,1H3,(H,28,31)(H,29,32)/t19-,20-,21-,22-/m0/s1. The molecule has 0 spiro atoms. The van der Waals surface area contributed by atoms with Gasteiger partial charge in [-0.05, 0) is 43.2 Å². The van der Waals surface area contributed by atoms with Crippen LogP contribution in [0.4, 0.5) is 0 Å². The Balaban J connectivity index is 1.51. The van der Waals surface area contributed by atoms with Crippen molar-refractivity contribution in [1.82, 2.24) is 15.5 Å². The molecule has 0 saturated carbocycles. The van der Waals surface area contributed by atoms with Gasteiger partial charge in [-0.3, -0.25) is 14.4 Å². The Hall–Kier alpha value is -3.19. The van der Waals surface area contributed by atoms with Gasteiger partial charge >= 0.3 is 0 Å². The molecular formula is C26H32N4O3. The monoisotopic (exact) mass is 448 g/mol. The smallest absolute Gasteiger partial charge is 0.246 e. The van der Waals surface area contributed by atoms with E-state index in [9.17, 15) is 14.4 Å². The summed E-state index contributed by atoms with van der Waals surface area (Å²) in [5.41, 5.74) is 7.79. The van der Waals surface area contributed by atoms with Crippen LogP contribution in [0, 0.1) is 0 Å². The lowest BCUT2D eigenvalue weighted by molar-refractivity contribution is -0.146. The molecule has 7 nitrogen and oxygen atoms in total. The van der Waals surface area contributed by atoms with Crippen molar-refractivity contribution in [3.8, 4) is 0 Å². The second-order valence-corrected chi connectivity index (χ2v) is 8.91. The van der Waals surface area contributed by atoms with E-state index in [4.69, 9.17) is 5.73 Å². The van der Waals surface area contributed by atoms with Gasteiger partial charge in [0.05, 0.1) is 12.1 Å². The highest BCUT2D eigenvalue weighted by Crippen LogP contribution is 2.33. The van der Waals surface area contributed by atoms with Gasteiger partial charge < -0.3 is 21.3 Å². The lowest BCUT2D eigenvalue weighted by Gasteiger charge is -2.38. The Bertz CT molecular complexity index is 942. The van der Waals surface area contributed by atoms with Crippen LogP contribution in [0.2, 0.25) is 0 Å². The maximum atomic E-state index is 13.5. The molecule has 2 saturated heterocycles. The highest BCUT2D eigenvalue weighted by molar-refractivity contribution is 5.94. The van der Waals surface area contributed by atoms with Crippen LogP contribution in [0.5, 0.6) is 0 Å². The van der Waals surface area contributed by atoms with Gasteiger partial charge in [0.25, 0.3) is 0 Å². The highest BCUT2D eigenvalue weighted by Gasteiger charge is 2.46. The molecule has 0 radical (unpaired) electrons. The number of piperidine rings is 1. The number of benzene rings is 2. The van der Waals surface area contributed by atoms with E-state index in [1.165, 1.54) is 0 Å². The van der Waals surface area contributed by atoms with Gasteiger partial charge in [-0.15, -0.1) is 0 Å². The maximum absolute atomic E-state index is 13.5. The van der Waals surface area contributed by atoms with Crippen molar-refractivity contribution in [2.45, 2.75) is 69.2 Å².